The van der Waals surface area contributed by atoms with Crippen molar-refractivity contribution in [3.05, 3.63) is 29.8 Å². The highest BCUT2D eigenvalue weighted by Gasteiger charge is 2.36. The van der Waals surface area contributed by atoms with Crippen LogP contribution in [-0.4, -0.2) is 35.7 Å². The van der Waals surface area contributed by atoms with Crippen LogP contribution >= 0.6 is 0 Å². The van der Waals surface area contributed by atoms with E-state index in [0.717, 1.165) is 11.3 Å². The van der Waals surface area contributed by atoms with E-state index in [9.17, 15) is 9.59 Å². The minimum atomic E-state index is -1.00. The predicted octanol–water partition coefficient (Wildman–Crippen LogP) is 1.98. The van der Waals surface area contributed by atoms with Crippen LogP contribution in [0.15, 0.2) is 24.3 Å². The van der Waals surface area contributed by atoms with E-state index in [2.05, 4.69) is 0 Å². The normalized spacial score (nSPS) is 21.7. The number of hydrogen-bond donors (Lipinski definition) is 1. The van der Waals surface area contributed by atoms with Gasteiger partial charge in [-0.05, 0) is 44.4 Å². The summed E-state index contributed by atoms with van der Waals surface area (Å²) in [5.74, 6) is -1.17. The Morgan fingerprint density at radius 2 is 2.05 bits per heavy atom. The van der Waals surface area contributed by atoms with Gasteiger partial charge >= 0.3 is 5.97 Å². The number of aryl methyl sites for hydroxylation is 1. The molecule has 1 heterocycles. The SMILES string of the molecule is CCN(C(=O)C1CCC(C(=O)O)O1)c1cccc(C)c1. The molecule has 1 saturated heterocycles. The Labute approximate surface area is 118 Å². The monoisotopic (exact) mass is 277 g/mol. The summed E-state index contributed by atoms with van der Waals surface area (Å²) < 4.78 is 5.33. The molecule has 0 aliphatic carbocycles. The van der Waals surface area contributed by atoms with Gasteiger partial charge in [0.05, 0.1) is 0 Å². The van der Waals surface area contributed by atoms with Crippen molar-refractivity contribution in [3.63, 3.8) is 0 Å². The first-order valence-corrected chi connectivity index (χ1v) is 6.79. The Kier molecular flexibility index (Phi) is 4.39. The van der Waals surface area contributed by atoms with E-state index in [4.69, 9.17) is 9.84 Å². The van der Waals surface area contributed by atoms with Crippen molar-refractivity contribution in [1.29, 1.82) is 0 Å². The molecule has 2 unspecified atom stereocenters. The second-order valence-corrected chi connectivity index (χ2v) is 4.95. The summed E-state index contributed by atoms with van der Waals surface area (Å²) in [4.78, 5) is 25.0. The van der Waals surface area contributed by atoms with Gasteiger partial charge in [-0.25, -0.2) is 4.79 Å². The Balaban J connectivity index is 2.12. The molecular formula is C15H19NO4. The van der Waals surface area contributed by atoms with Crippen molar-refractivity contribution in [2.75, 3.05) is 11.4 Å². The Morgan fingerprint density at radius 1 is 1.35 bits per heavy atom. The summed E-state index contributed by atoms with van der Waals surface area (Å²) in [6.07, 6.45) is -0.674. The first-order chi connectivity index (χ1) is 9.52. The third-order valence-corrected chi connectivity index (χ3v) is 3.47. The van der Waals surface area contributed by atoms with Crippen LogP contribution in [-0.2, 0) is 14.3 Å². The van der Waals surface area contributed by atoms with E-state index in [1.165, 1.54) is 0 Å². The Bertz CT molecular complexity index is 514. The number of carbonyl (C=O) groups excluding carboxylic acids is 1. The molecule has 1 aliphatic rings. The molecule has 0 saturated carbocycles. The van der Waals surface area contributed by atoms with Crippen LogP contribution < -0.4 is 4.90 Å². The van der Waals surface area contributed by atoms with Gasteiger partial charge in [0, 0.05) is 12.2 Å². The smallest absolute Gasteiger partial charge is 0.332 e. The predicted molar refractivity (Wildman–Crippen MR) is 74.7 cm³/mol. The lowest BCUT2D eigenvalue weighted by atomic mass is 10.1. The first-order valence-electron chi connectivity index (χ1n) is 6.79. The van der Waals surface area contributed by atoms with E-state index in [-0.39, 0.29) is 5.91 Å². The van der Waals surface area contributed by atoms with Crippen molar-refractivity contribution in [2.24, 2.45) is 0 Å². The number of carboxylic acid groups (broad SMARTS) is 1. The molecule has 0 spiro atoms. The van der Waals surface area contributed by atoms with Crippen LogP contribution in [0.1, 0.15) is 25.3 Å². The molecule has 2 atom stereocenters. The van der Waals surface area contributed by atoms with Crippen LogP contribution in [0.3, 0.4) is 0 Å². The van der Waals surface area contributed by atoms with Gasteiger partial charge in [0.15, 0.2) is 6.10 Å². The van der Waals surface area contributed by atoms with Gasteiger partial charge in [-0.15, -0.1) is 0 Å². The highest BCUT2D eigenvalue weighted by Crippen LogP contribution is 2.24. The number of hydrogen-bond acceptors (Lipinski definition) is 3. The number of rotatable bonds is 4. The van der Waals surface area contributed by atoms with E-state index in [1.807, 2.05) is 38.1 Å². The van der Waals surface area contributed by atoms with Crippen LogP contribution in [0, 0.1) is 6.92 Å². The number of benzene rings is 1. The van der Waals surface area contributed by atoms with Gasteiger partial charge in [0.2, 0.25) is 0 Å². The maximum atomic E-state index is 12.5. The molecule has 108 valence electrons. The van der Waals surface area contributed by atoms with Gasteiger partial charge in [-0.2, -0.15) is 0 Å². The van der Waals surface area contributed by atoms with Crippen LogP contribution in [0.5, 0.6) is 0 Å². The molecule has 0 bridgehead atoms. The second kappa shape index (κ2) is 6.05. The summed E-state index contributed by atoms with van der Waals surface area (Å²) >= 11 is 0. The quantitative estimate of drug-likeness (QED) is 0.913. The van der Waals surface area contributed by atoms with Gasteiger partial charge in [0.1, 0.15) is 6.10 Å². The number of amides is 1. The van der Waals surface area contributed by atoms with Crippen molar-refractivity contribution >= 4 is 17.6 Å². The number of carboxylic acids is 1. The molecule has 2 rings (SSSR count). The van der Waals surface area contributed by atoms with Gasteiger partial charge < -0.3 is 14.7 Å². The fourth-order valence-electron chi connectivity index (χ4n) is 2.44. The minimum Gasteiger partial charge on any atom is -0.479 e. The van der Waals surface area contributed by atoms with E-state index >= 15 is 0 Å². The summed E-state index contributed by atoms with van der Waals surface area (Å²) in [6.45, 7) is 4.39. The summed E-state index contributed by atoms with van der Waals surface area (Å²) in [7, 11) is 0. The maximum absolute atomic E-state index is 12.5. The minimum absolute atomic E-state index is 0.165. The van der Waals surface area contributed by atoms with Crippen molar-refractivity contribution in [3.8, 4) is 0 Å². The second-order valence-electron chi connectivity index (χ2n) is 4.95. The molecule has 5 nitrogen and oxygen atoms in total. The standard InChI is InChI=1S/C15H19NO4/c1-3-16(11-6-4-5-10(2)9-11)14(17)12-7-8-13(20-12)15(18)19/h4-6,9,12-13H,3,7-8H2,1-2H3,(H,18,19). The molecule has 1 amide bonds. The maximum Gasteiger partial charge on any atom is 0.332 e. The zero-order valence-corrected chi connectivity index (χ0v) is 11.7. The van der Waals surface area contributed by atoms with Crippen molar-refractivity contribution < 1.29 is 19.4 Å². The van der Waals surface area contributed by atoms with Crippen LogP contribution in [0.2, 0.25) is 0 Å². The molecule has 20 heavy (non-hydrogen) atoms. The van der Waals surface area contributed by atoms with E-state index in [1.54, 1.807) is 4.90 Å². The molecule has 1 aliphatic heterocycles. The number of nitrogens with zero attached hydrogens (tertiary/aromatic N) is 1. The molecule has 1 N–H and O–H groups in total. The van der Waals surface area contributed by atoms with Gasteiger partial charge in [-0.3, -0.25) is 4.79 Å². The van der Waals surface area contributed by atoms with E-state index in [0.29, 0.717) is 19.4 Å². The summed E-state index contributed by atoms with van der Waals surface area (Å²) in [5, 5.41) is 8.91. The number of likely N-dealkylation sites (N-methyl/N-ethyl adjacent to an activating group) is 1. The molecule has 0 radical (unpaired) electrons. The highest BCUT2D eigenvalue weighted by atomic mass is 16.5. The van der Waals surface area contributed by atoms with E-state index < -0.39 is 18.2 Å². The molecule has 1 aromatic rings. The van der Waals surface area contributed by atoms with Crippen LogP contribution in [0.4, 0.5) is 5.69 Å². The fourth-order valence-corrected chi connectivity index (χ4v) is 2.44. The lowest BCUT2D eigenvalue weighted by Crippen LogP contribution is -2.39. The summed E-state index contributed by atoms with van der Waals surface area (Å²) in [5.41, 5.74) is 1.89. The topological polar surface area (TPSA) is 66.8 Å². The number of carbonyl (C=O) groups is 2. The Morgan fingerprint density at radius 3 is 2.60 bits per heavy atom. The molecule has 1 fully saturated rings. The number of ether oxygens (including phenoxy) is 1. The van der Waals surface area contributed by atoms with Gasteiger partial charge in [0.25, 0.3) is 5.91 Å². The lowest BCUT2D eigenvalue weighted by Gasteiger charge is -2.24. The fraction of sp³-hybridized carbons (Fsp3) is 0.467. The largest absolute Gasteiger partial charge is 0.479 e. The first kappa shape index (κ1) is 14.5. The van der Waals surface area contributed by atoms with Crippen molar-refractivity contribution in [1.82, 2.24) is 0 Å². The lowest BCUT2D eigenvalue weighted by molar-refractivity contribution is -0.151. The third kappa shape index (κ3) is 2.99. The number of aliphatic carboxylic acids is 1. The van der Waals surface area contributed by atoms with Crippen molar-refractivity contribution in [2.45, 2.75) is 38.9 Å². The van der Waals surface area contributed by atoms with Crippen LogP contribution in [0.25, 0.3) is 0 Å². The number of anilines is 1. The third-order valence-electron chi connectivity index (χ3n) is 3.47. The zero-order valence-electron chi connectivity index (χ0n) is 11.7. The molecule has 5 heteroatoms. The Hall–Kier alpha value is -1.88. The molecule has 0 aromatic heterocycles. The summed E-state index contributed by atoms with van der Waals surface area (Å²) in [6, 6.07) is 7.67. The highest BCUT2D eigenvalue weighted by molar-refractivity contribution is 5.97. The van der Waals surface area contributed by atoms with Gasteiger partial charge in [-0.1, -0.05) is 12.1 Å². The molecule has 1 aromatic carbocycles. The molecular weight excluding hydrogens is 258 g/mol. The average Bonchev–Trinajstić information content (AvgIpc) is 2.89. The zero-order chi connectivity index (χ0) is 14.7. The average molecular weight is 277 g/mol.